The minimum absolute atomic E-state index is 0.360. The molecule has 0 aromatic heterocycles. The molecule has 0 atom stereocenters. The third-order valence-electron chi connectivity index (χ3n) is 1.51. The predicted molar refractivity (Wildman–Crippen MR) is 34.4 cm³/mol. The molecule has 0 bridgehead atoms. The molecular formula is C7H10O3. The lowest BCUT2D eigenvalue weighted by Crippen LogP contribution is -2.19. The highest BCUT2D eigenvalue weighted by atomic mass is 16.5. The quantitative estimate of drug-likeness (QED) is 0.369. The van der Waals surface area contributed by atoms with E-state index in [-0.39, 0.29) is 5.78 Å². The predicted octanol–water partition coefficient (Wildman–Crippen LogP) is 0.673. The van der Waals surface area contributed by atoms with Gasteiger partial charge in [-0.3, -0.25) is 4.79 Å². The Labute approximate surface area is 59.4 Å². The summed E-state index contributed by atoms with van der Waals surface area (Å²) in [5, 5.41) is 0. The molecule has 0 aliphatic carbocycles. The van der Waals surface area contributed by atoms with Crippen LogP contribution in [0.5, 0.6) is 0 Å². The number of ether oxygens (including phenoxy) is 1. The summed E-state index contributed by atoms with van der Waals surface area (Å²) in [7, 11) is 0. The number of carbonyl (C=O) groups is 2. The lowest BCUT2D eigenvalue weighted by atomic mass is 10.1. The zero-order chi connectivity index (χ0) is 7.40. The molecule has 0 aromatic rings. The lowest BCUT2D eigenvalue weighted by molar-refractivity contribution is -0.154. The first-order valence-corrected chi connectivity index (χ1v) is 3.50. The van der Waals surface area contributed by atoms with Crippen LogP contribution in [0.4, 0.5) is 0 Å². The van der Waals surface area contributed by atoms with Crippen LogP contribution in [0.3, 0.4) is 0 Å². The van der Waals surface area contributed by atoms with Gasteiger partial charge in [0.2, 0.25) is 5.78 Å². The molecule has 56 valence electrons. The maximum absolute atomic E-state index is 10.7. The van der Waals surface area contributed by atoms with Gasteiger partial charge in [0.25, 0.3) is 0 Å². The number of esters is 1. The highest BCUT2D eigenvalue weighted by Crippen LogP contribution is 2.05. The zero-order valence-corrected chi connectivity index (χ0v) is 5.76. The molecule has 0 radical (unpaired) electrons. The Kier molecular flexibility index (Phi) is 2.42. The molecule has 3 heteroatoms. The van der Waals surface area contributed by atoms with Crippen LogP contribution in [-0.2, 0) is 14.3 Å². The van der Waals surface area contributed by atoms with E-state index in [2.05, 4.69) is 4.74 Å². The highest BCUT2D eigenvalue weighted by molar-refractivity contribution is 6.33. The Bertz CT molecular complexity index is 133. The maximum Gasteiger partial charge on any atom is 0.374 e. The third-order valence-corrected chi connectivity index (χ3v) is 1.51. The topological polar surface area (TPSA) is 43.4 Å². The van der Waals surface area contributed by atoms with E-state index >= 15 is 0 Å². The largest absolute Gasteiger partial charge is 0.460 e. The first-order valence-electron chi connectivity index (χ1n) is 3.50. The van der Waals surface area contributed by atoms with Crippen molar-refractivity contribution in [2.45, 2.75) is 25.7 Å². The molecular weight excluding hydrogens is 132 g/mol. The van der Waals surface area contributed by atoms with Gasteiger partial charge in [-0.15, -0.1) is 0 Å². The van der Waals surface area contributed by atoms with Gasteiger partial charge >= 0.3 is 5.97 Å². The van der Waals surface area contributed by atoms with Crippen molar-refractivity contribution in [3.63, 3.8) is 0 Å². The van der Waals surface area contributed by atoms with Crippen molar-refractivity contribution in [3.8, 4) is 0 Å². The van der Waals surface area contributed by atoms with Crippen molar-refractivity contribution in [1.29, 1.82) is 0 Å². The van der Waals surface area contributed by atoms with E-state index < -0.39 is 5.97 Å². The molecule has 0 amide bonds. The average Bonchev–Trinajstić information content (AvgIpc) is 1.92. The summed E-state index contributed by atoms with van der Waals surface area (Å²) in [5.41, 5.74) is 0. The van der Waals surface area contributed by atoms with Crippen LogP contribution in [0.1, 0.15) is 25.7 Å². The summed E-state index contributed by atoms with van der Waals surface area (Å²) in [5.74, 6) is -1.03. The van der Waals surface area contributed by atoms with E-state index in [4.69, 9.17) is 0 Å². The van der Waals surface area contributed by atoms with E-state index in [0.717, 1.165) is 19.3 Å². The SMILES string of the molecule is O=C1CCCCCOC1=O. The second-order valence-corrected chi connectivity index (χ2v) is 2.37. The minimum Gasteiger partial charge on any atom is -0.460 e. The first-order chi connectivity index (χ1) is 4.80. The zero-order valence-electron chi connectivity index (χ0n) is 5.76. The van der Waals surface area contributed by atoms with Crippen molar-refractivity contribution >= 4 is 11.8 Å². The molecule has 0 saturated carbocycles. The van der Waals surface area contributed by atoms with Crippen molar-refractivity contribution in [2.75, 3.05) is 6.61 Å². The maximum atomic E-state index is 10.7. The second kappa shape index (κ2) is 3.34. The smallest absolute Gasteiger partial charge is 0.374 e. The fourth-order valence-corrected chi connectivity index (χ4v) is 0.912. The number of rotatable bonds is 0. The summed E-state index contributed by atoms with van der Waals surface area (Å²) >= 11 is 0. The standard InChI is InChI=1S/C7H10O3/c8-6-4-2-1-3-5-10-7(6)9/h1-5H2. The summed E-state index contributed by atoms with van der Waals surface area (Å²) in [6, 6.07) is 0. The van der Waals surface area contributed by atoms with Crippen LogP contribution in [0, 0.1) is 0 Å². The molecule has 1 aliphatic heterocycles. The number of ketones is 1. The van der Waals surface area contributed by atoms with E-state index in [1.165, 1.54) is 0 Å². The molecule has 0 spiro atoms. The molecule has 1 fully saturated rings. The molecule has 1 aliphatic rings. The molecule has 0 unspecified atom stereocenters. The van der Waals surface area contributed by atoms with Gasteiger partial charge in [-0.1, -0.05) is 0 Å². The van der Waals surface area contributed by atoms with Gasteiger partial charge in [-0.05, 0) is 19.3 Å². The number of Topliss-reactive ketones (excluding diaryl/α,β-unsaturated/α-hetero) is 1. The molecule has 1 rings (SSSR count). The fraction of sp³-hybridized carbons (Fsp3) is 0.714. The van der Waals surface area contributed by atoms with Gasteiger partial charge in [0.15, 0.2) is 0 Å². The molecule has 1 heterocycles. The lowest BCUT2D eigenvalue weighted by Gasteiger charge is -2.06. The van der Waals surface area contributed by atoms with Gasteiger partial charge in [0, 0.05) is 6.42 Å². The Hall–Kier alpha value is -0.860. The minimum atomic E-state index is -0.653. The molecule has 10 heavy (non-hydrogen) atoms. The van der Waals surface area contributed by atoms with Crippen molar-refractivity contribution in [2.24, 2.45) is 0 Å². The number of cyclic esters (lactones) is 1. The van der Waals surface area contributed by atoms with Crippen molar-refractivity contribution in [1.82, 2.24) is 0 Å². The van der Waals surface area contributed by atoms with Gasteiger partial charge in [0.05, 0.1) is 6.61 Å². The van der Waals surface area contributed by atoms with Gasteiger partial charge in [-0.2, -0.15) is 0 Å². The van der Waals surface area contributed by atoms with E-state index in [1.807, 2.05) is 0 Å². The van der Waals surface area contributed by atoms with Crippen LogP contribution < -0.4 is 0 Å². The van der Waals surface area contributed by atoms with Crippen LogP contribution in [0.15, 0.2) is 0 Å². The Morgan fingerprint density at radius 3 is 2.70 bits per heavy atom. The third kappa shape index (κ3) is 1.83. The van der Waals surface area contributed by atoms with E-state index in [1.54, 1.807) is 0 Å². The van der Waals surface area contributed by atoms with E-state index in [0.29, 0.717) is 13.0 Å². The molecule has 0 aromatic carbocycles. The number of carbonyl (C=O) groups excluding carboxylic acids is 2. The van der Waals surface area contributed by atoms with Crippen LogP contribution in [0.25, 0.3) is 0 Å². The fourth-order valence-electron chi connectivity index (χ4n) is 0.912. The average molecular weight is 142 g/mol. The van der Waals surface area contributed by atoms with E-state index in [9.17, 15) is 9.59 Å². The van der Waals surface area contributed by atoms with Crippen LogP contribution in [0.2, 0.25) is 0 Å². The van der Waals surface area contributed by atoms with Crippen LogP contribution in [-0.4, -0.2) is 18.4 Å². The Balaban J connectivity index is 2.43. The summed E-state index contributed by atoms with van der Waals surface area (Å²) in [6.45, 7) is 0.407. The normalized spacial score (nSPS) is 21.2. The molecule has 1 saturated heterocycles. The van der Waals surface area contributed by atoms with Crippen molar-refractivity contribution in [3.05, 3.63) is 0 Å². The summed E-state index contributed by atoms with van der Waals surface area (Å²) < 4.78 is 4.61. The Morgan fingerprint density at radius 1 is 1.10 bits per heavy atom. The summed E-state index contributed by atoms with van der Waals surface area (Å²) in [6.07, 6.45) is 3.06. The molecule has 3 nitrogen and oxygen atoms in total. The van der Waals surface area contributed by atoms with Gasteiger partial charge in [0.1, 0.15) is 0 Å². The van der Waals surface area contributed by atoms with Gasteiger partial charge in [-0.25, -0.2) is 4.79 Å². The first kappa shape index (κ1) is 7.25. The monoisotopic (exact) mass is 142 g/mol. The van der Waals surface area contributed by atoms with Crippen LogP contribution >= 0.6 is 0 Å². The summed E-state index contributed by atoms with van der Waals surface area (Å²) in [4.78, 5) is 21.3. The highest BCUT2D eigenvalue weighted by Gasteiger charge is 2.16. The van der Waals surface area contributed by atoms with Gasteiger partial charge < -0.3 is 4.74 Å². The Morgan fingerprint density at radius 2 is 1.90 bits per heavy atom. The number of hydrogen-bond donors (Lipinski definition) is 0. The molecule has 0 N–H and O–H groups in total. The second-order valence-electron chi connectivity index (χ2n) is 2.37. The number of hydrogen-bond acceptors (Lipinski definition) is 3. The van der Waals surface area contributed by atoms with Crippen molar-refractivity contribution < 1.29 is 14.3 Å².